The summed E-state index contributed by atoms with van der Waals surface area (Å²) in [6.07, 6.45) is 2.95. The number of halogens is 1. The van der Waals surface area contributed by atoms with Gasteiger partial charge >= 0.3 is 0 Å². The molecule has 2 amide bonds. The first kappa shape index (κ1) is 32.8. The summed E-state index contributed by atoms with van der Waals surface area (Å²) in [5.74, 6) is -0.133. The molecule has 3 aromatic rings. The van der Waals surface area contributed by atoms with Crippen LogP contribution in [0.15, 0.2) is 72.8 Å². The van der Waals surface area contributed by atoms with Gasteiger partial charge in [0.1, 0.15) is 12.6 Å². The minimum atomic E-state index is -3.92. The van der Waals surface area contributed by atoms with Crippen molar-refractivity contribution in [2.45, 2.75) is 38.8 Å². The number of hydrogen-bond donors (Lipinski definition) is 1. The smallest absolute Gasteiger partial charge is 0.244 e. The fourth-order valence-corrected chi connectivity index (χ4v) is 5.41. The number of hydrogen-bond acceptors (Lipinski definition) is 6. The third kappa shape index (κ3) is 9.12. The average molecular weight is 616 g/mol. The van der Waals surface area contributed by atoms with Gasteiger partial charge in [0.05, 0.1) is 26.2 Å². The molecule has 0 bridgehead atoms. The fourth-order valence-electron chi connectivity index (χ4n) is 4.44. The van der Waals surface area contributed by atoms with Gasteiger partial charge < -0.3 is 19.7 Å². The lowest BCUT2D eigenvalue weighted by Crippen LogP contribution is -2.53. The number of carbonyl (C=O) groups excluding carboxylic acids is 2. The van der Waals surface area contributed by atoms with Crippen LogP contribution in [0.4, 0.5) is 5.69 Å². The maximum absolute atomic E-state index is 14.1. The Morgan fingerprint density at radius 3 is 2.19 bits per heavy atom. The molecule has 0 saturated heterocycles. The van der Waals surface area contributed by atoms with E-state index < -0.39 is 28.5 Å². The van der Waals surface area contributed by atoms with Crippen molar-refractivity contribution in [3.05, 3.63) is 88.9 Å². The van der Waals surface area contributed by atoms with Gasteiger partial charge in [0.2, 0.25) is 21.8 Å². The molecule has 0 fully saturated rings. The van der Waals surface area contributed by atoms with E-state index >= 15 is 0 Å². The lowest BCUT2D eigenvalue weighted by Gasteiger charge is -2.33. The maximum Gasteiger partial charge on any atom is 0.244 e. The molecule has 0 heterocycles. The van der Waals surface area contributed by atoms with Gasteiger partial charge in [0.25, 0.3) is 0 Å². The predicted octanol–water partition coefficient (Wildman–Crippen LogP) is 4.68. The second-order valence-electron chi connectivity index (χ2n) is 9.81. The molecule has 0 aliphatic rings. The van der Waals surface area contributed by atoms with Crippen molar-refractivity contribution < 1.29 is 27.5 Å². The molecule has 1 N–H and O–H groups in total. The first-order valence-electron chi connectivity index (χ1n) is 13.6. The maximum atomic E-state index is 14.1. The highest BCUT2D eigenvalue weighted by Crippen LogP contribution is 2.32. The Morgan fingerprint density at radius 2 is 1.60 bits per heavy atom. The van der Waals surface area contributed by atoms with E-state index in [0.717, 1.165) is 34.5 Å². The molecule has 0 aliphatic heterocycles. The number of carbonyl (C=O) groups is 2. The van der Waals surface area contributed by atoms with E-state index in [-0.39, 0.29) is 24.6 Å². The normalized spacial score (nSPS) is 11.8. The summed E-state index contributed by atoms with van der Waals surface area (Å²) in [5, 5.41) is 3.49. The molecular formula is C31H38ClN3O6S. The molecule has 9 nitrogen and oxygen atoms in total. The molecule has 0 saturated carbocycles. The number of unbranched alkanes of at least 4 members (excludes halogenated alkanes) is 1. The van der Waals surface area contributed by atoms with Gasteiger partial charge in [-0.15, -0.1) is 0 Å². The van der Waals surface area contributed by atoms with Crippen LogP contribution in [0, 0.1) is 0 Å². The summed E-state index contributed by atoms with van der Waals surface area (Å²) in [5.41, 5.74) is 1.83. The fraction of sp³-hybridized carbons (Fsp3) is 0.355. The summed E-state index contributed by atoms with van der Waals surface area (Å²) >= 11 is 6.10. The van der Waals surface area contributed by atoms with Crippen LogP contribution in [0.3, 0.4) is 0 Å². The monoisotopic (exact) mass is 615 g/mol. The number of anilines is 1. The Morgan fingerprint density at radius 1 is 0.929 bits per heavy atom. The van der Waals surface area contributed by atoms with Gasteiger partial charge in [0, 0.05) is 30.6 Å². The highest BCUT2D eigenvalue weighted by Gasteiger charge is 2.33. The van der Waals surface area contributed by atoms with E-state index in [4.69, 9.17) is 21.1 Å². The van der Waals surface area contributed by atoms with Crippen molar-refractivity contribution in [3.63, 3.8) is 0 Å². The molecule has 3 aromatic carbocycles. The largest absolute Gasteiger partial charge is 0.493 e. The van der Waals surface area contributed by atoms with Gasteiger partial charge in [-0.25, -0.2) is 8.42 Å². The number of benzene rings is 3. The van der Waals surface area contributed by atoms with Crippen LogP contribution in [0.1, 0.15) is 30.9 Å². The highest BCUT2D eigenvalue weighted by atomic mass is 35.5. The lowest BCUT2D eigenvalue weighted by molar-refractivity contribution is -0.140. The summed E-state index contributed by atoms with van der Waals surface area (Å²) in [6.45, 7) is 2.02. The minimum absolute atomic E-state index is 0.0677. The van der Waals surface area contributed by atoms with Crippen LogP contribution >= 0.6 is 11.6 Å². The van der Waals surface area contributed by atoms with Crippen LogP contribution < -0.4 is 19.1 Å². The molecule has 0 aromatic heterocycles. The number of amides is 2. The van der Waals surface area contributed by atoms with Crippen LogP contribution in [-0.2, 0) is 32.6 Å². The van der Waals surface area contributed by atoms with Crippen molar-refractivity contribution in [2.75, 3.05) is 37.9 Å². The molecule has 0 spiro atoms. The third-order valence-corrected chi connectivity index (χ3v) is 8.09. The number of methoxy groups -OCH3 is 2. The third-order valence-electron chi connectivity index (χ3n) is 6.70. The topological polar surface area (TPSA) is 105 Å². The zero-order chi connectivity index (χ0) is 30.7. The van der Waals surface area contributed by atoms with Crippen LogP contribution in [0.5, 0.6) is 11.5 Å². The van der Waals surface area contributed by atoms with Crippen molar-refractivity contribution >= 4 is 39.1 Å². The summed E-state index contributed by atoms with van der Waals surface area (Å²) in [7, 11) is -1.00. The highest BCUT2D eigenvalue weighted by molar-refractivity contribution is 7.92. The molecule has 0 aliphatic carbocycles. The number of rotatable bonds is 15. The van der Waals surface area contributed by atoms with E-state index in [1.54, 1.807) is 30.3 Å². The van der Waals surface area contributed by atoms with Crippen molar-refractivity contribution in [3.8, 4) is 11.5 Å². The first-order chi connectivity index (χ1) is 20.1. The molecule has 0 radical (unpaired) electrons. The molecule has 3 rings (SSSR count). The molecule has 1 atom stereocenters. The second-order valence-corrected chi connectivity index (χ2v) is 12.2. The Bertz CT molecular complexity index is 1430. The van der Waals surface area contributed by atoms with E-state index in [9.17, 15) is 18.0 Å². The summed E-state index contributed by atoms with van der Waals surface area (Å²) in [4.78, 5) is 29.2. The molecule has 226 valence electrons. The van der Waals surface area contributed by atoms with E-state index in [0.29, 0.717) is 23.1 Å². The molecule has 11 heteroatoms. The zero-order valence-electron chi connectivity index (χ0n) is 24.4. The Balaban J connectivity index is 2.05. The molecule has 42 heavy (non-hydrogen) atoms. The SMILES string of the molecule is CCCCNC(=O)[C@@H](Cc1ccccc1)N(Cc1ccc(Cl)cc1)C(=O)CN(c1ccc(OC)c(OC)c1)S(C)(=O)=O. The lowest BCUT2D eigenvalue weighted by atomic mass is 10.0. The summed E-state index contributed by atoms with van der Waals surface area (Å²) < 4.78 is 37.6. The van der Waals surface area contributed by atoms with Crippen LogP contribution in [-0.4, -0.2) is 64.7 Å². The van der Waals surface area contributed by atoms with Crippen molar-refractivity contribution in [2.24, 2.45) is 0 Å². The summed E-state index contributed by atoms with van der Waals surface area (Å²) in [6, 6.07) is 20.1. The number of nitrogens with one attached hydrogen (secondary N) is 1. The van der Waals surface area contributed by atoms with Gasteiger partial charge in [-0.3, -0.25) is 13.9 Å². The second kappa shape index (κ2) is 15.5. The van der Waals surface area contributed by atoms with E-state index in [2.05, 4.69) is 5.32 Å². The number of sulfonamides is 1. The van der Waals surface area contributed by atoms with Crippen LogP contribution in [0.25, 0.3) is 0 Å². The van der Waals surface area contributed by atoms with Gasteiger partial charge in [-0.1, -0.05) is 67.4 Å². The average Bonchev–Trinajstić information content (AvgIpc) is 2.98. The van der Waals surface area contributed by atoms with Crippen molar-refractivity contribution in [1.82, 2.24) is 10.2 Å². The van der Waals surface area contributed by atoms with Gasteiger partial charge in [0.15, 0.2) is 11.5 Å². The Kier molecular flexibility index (Phi) is 12.1. The minimum Gasteiger partial charge on any atom is -0.493 e. The van der Waals surface area contributed by atoms with E-state index in [1.165, 1.54) is 31.3 Å². The predicted molar refractivity (Wildman–Crippen MR) is 166 cm³/mol. The standard InChI is InChI=1S/C31H38ClN3O6S/c1-5-6-18-33-31(37)27(19-23-10-8-7-9-11-23)34(21-24-12-14-25(32)15-13-24)30(36)22-35(42(4,38)39)26-16-17-28(40-2)29(20-26)41-3/h7-17,20,27H,5-6,18-19,21-22H2,1-4H3,(H,33,37)/t27-/m1/s1. The van der Waals surface area contributed by atoms with E-state index in [1.807, 2.05) is 37.3 Å². The van der Waals surface area contributed by atoms with Crippen LogP contribution in [0.2, 0.25) is 5.02 Å². The number of nitrogens with zero attached hydrogens (tertiary/aromatic N) is 2. The van der Waals surface area contributed by atoms with Gasteiger partial charge in [-0.2, -0.15) is 0 Å². The Labute approximate surface area is 253 Å². The molecule has 0 unspecified atom stereocenters. The first-order valence-corrected chi connectivity index (χ1v) is 15.8. The number of ether oxygens (including phenoxy) is 2. The quantitative estimate of drug-likeness (QED) is 0.249. The van der Waals surface area contributed by atoms with Gasteiger partial charge in [-0.05, 0) is 41.8 Å². The van der Waals surface area contributed by atoms with Crippen molar-refractivity contribution in [1.29, 1.82) is 0 Å². The zero-order valence-corrected chi connectivity index (χ0v) is 26.0. The molecular weight excluding hydrogens is 578 g/mol. The Hall–Kier alpha value is -3.76.